The summed E-state index contributed by atoms with van der Waals surface area (Å²) in [5.74, 6) is -1.51. The van der Waals surface area contributed by atoms with Gasteiger partial charge in [-0.15, -0.1) is 0 Å². The summed E-state index contributed by atoms with van der Waals surface area (Å²) in [6.07, 6.45) is 1.07. The molecule has 1 aromatic rings. The zero-order valence-corrected chi connectivity index (χ0v) is 11.2. The largest absolute Gasteiger partial charge is 0.480 e. The Hall–Kier alpha value is -1.88. The van der Waals surface area contributed by atoms with Crippen LogP contribution in [0.1, 0.15) is 37.3 Å². The number of benzene rings is 1. The number of hydrogen-bond acceptors (Lipinski definition) is 3. The first kappa shape index (κ1) is 15.2. The Labute approximate surface area is 112 Å². The molecule has 0 radical (unpaired) electrons. The number of hydrogen-bond donors (Lipinski definition) is 3. The van der Waals surface area contributed by atoms with E-state index in [0.29, 0.717) is 5.92 Å². The lowest BCUT2D eigenvalue weighted by atomic mass is 9.98. The number of carbonyl (C=O) groups is 2. The van der Waals surface area contributed by atoms with Crippen molar-refractivity contribution in [3.8, 4) is 0 Å². The molecule has 0 aliphatic rings. The summed E-state index contributed by atoms with van der Waals surface area (Å²) >= 11 is 0. The van der Waals surface area contributed by atoms with Crippen LogP contribution >= 0.6 is 0 Å². The molecule has 0 aliphatic heterocycles. The number of carbonyl (C=O) groups excluding carboxylic acids is 1. The maximum Gasteiger partial charge on any atom is 0.330 e. The Kier molecular flexibility index (Phi) is 5.51. The van der Waals surface area contributed by atoms with Gasteiger partial charge in [-0.25, -0.2) is 4.79 Å². The maximum absolute atomic E-state index is 11.4. The number of carboxylic acid groups (broad SMARTS) is 1. The van der Waals surface area contributed by atoms with Gasteiger partial charge in [0.1, 0.15) is 0 Å². The van der Waals surface area contributed by atoms with Crippen molar-refractivity contribution in [3.05, 3.63) is 35.4 Å². The minimum absolute atomic E-state index is 0.278. The normalized spacial score (nSPS) is 13.6. The second-order valence-corrected chi connectivity index (χ2v) is 4.58. The average molecular weight is 264 g/mol. The number of nitrogens with two attached hydrogens (primary N) is 1. The lowest BCUT2D eigenvalue weighted by molar-refractivity contribution is -0.142. The summed E-state index contributed by atoms with van der Waals surface area (Å²) in [5.41, 5.74) is 7.36. The van der Waals surface area contributed by atoms with Crippen LogP contribution in [0.5, 0.6) is 0 Å². The van der Waals surface area contributed by atoms with Gasteiger partial charge in [0, 0.05) is 6.54 Å². The highest BCUT2D eigenvalue weighted by Crippen LogP contribution is 2.18. The third kappa shape index (κ3) is 4.37. The van der Waals surface area contributed by atoms with Gasteiger partial charge < -0.3 is 16.2 Å². The molecule has 19 heavy (non-hydrogen) atoms. The van der Waals surface area contributed by atoms with Gasteiger partial charge in [-0.2, -0.15) is 0 Å². The molecule has 1 aromatic carbocycles. The Morgan fingerprint density at radius 2 is 1.89 bits per heavy atom. The van der Waals surface area contributed by atoms with Crippen molar-refractivity contribution in [2.24, 2.45) is 5.73 Å². The molecular weight excluding hydrogens is 244 g/mol. The minimum Gasteiger partial charge on any atom is -0.480 e. The number of amides is 1. The monoisotopic (exact) mass is 264 g/mol. The summed E-state index contributed by atoms with van der Waals surface area (Å²) in [5, 5.41) is 11.1. The van der Waals surface area contributed by atoms with E-state index in [1.807, 2.05) is 24.3 Å². The van der Waals surface area contributed by atoms with Crippen LogP contribution in [0.4, 0.5) is 0 Å². The molecule has 1 amide bonds. The molecule has 0 saturated heterocycles. The molecule has 0 heterocycles. The van der Waals surface area contributed by atoms with E-state index in [0.717, 1.165) is 12.0 Å². The van der Waals surface area contributed by atoms with Gasteiger partial charge in [-0.1, -0.05) is 38.1 Å². The van der Waals surface area contributed by atoms with Gasteiger partial charge >= 0.3 is 5.97 Å². The fraction of sp³-hybridized carbons (Fsp3) is 0.429. The van der Waals surface area contributed by atoms with E-state index in [9.17, 15) is 9.59 Å². The summed E-state index contributed by atoms with van der Waals surface area (Å²) in [4.78, 5) is 21.9. The molecule has 1 rings (SSSR count). The highest BCUT2D eigenvalue weighted by Gasteiger charge is 2.20. The first-order valence-corrected chi connectivity index (χ1v) is 6.30. The first-order valence-electron chi connectivity index (χ1n) is 6.30. The number of rotatable bonds is 6. The third-order valence-corrected chi connectivity index (χ3v) is 3.18. The van der Waals surface area contributed by atoms with Crippen molar-refractivity contribution in [2.75, 3.05) is 0 Å². The average Bonchev–Trinajstić information content (AvgIpc) is 2.43. The number of carboxylic acids is 1. The second kappa shape index (κ2) is 6.89. The molecule has 104 valence electrons. The van der Waals surface area contributed by atoms with Crippen molar-refractivity contribution in [1.29, 1.82) is 0 Å². The topological polar surface area (TPSA) is 92.4 Å². The van der Waals surface area contributed by atoms with Gasteiger partial charge in [0.2, 0.25) is 5.91 Å². The van der Waals surface area contributed by atoms with Gasteiger partial charge in [-0.05, 0) is 23.5 Å². The molecule has 4 N–H and O–H groups in total. The van der Waals surface area contributed by atoms with Crippen molar-refractivity contribution >= 4 is 11.9 Å². The standard InChI is InChI=1S/C14H20N2O3/c1-3-9(2)11-6-4-10(5-7-11)8-16-13(17)12(15)14(18)19/h4-7,9,12H,3,8,15H2,1-2H3,(H,16,17)(H,18,19). The SMILES string of the molecule is CCC(C)c1ccc(CNC(=O)C(N)C(=O)O)cc1. The van der Waals surface area contributed by atoms with Gasteiger partial charge in [0.25, 0.3) is 0 Å². The molecule has 5 heteroatoms. The molecule has 5 nitrogen and oxygen atoms in total. The van der Waals surface area contributed by atoms with Crippen LogP contribution in [0, 0.1) is 0 Å². The Morgan fingerprint density at radius 1 is 1.32 bits per heavy atom. The van der Waals surface area contributed by atoms with E-state index >= 15 is 0 Å². The predicted molar refractivity (Wildman–Crippen MR) is 72.6 cm³/mol. The summed E-state index contributed by atoms with van der Waals surface area (Å²) in [6.45, 7) is 4.56. The van der Waals surface area contributed by atoms with Crippen LogP contribution in [0.2, 0.25) is 0 Å². The lowest BCUT2D eigenvalue weighted by Gasteiger charge is -2.11. The van der Waals surface area contributed by atoms with Gasteiger partial charge in [0.15, 0.2) is 6.04 Å². The zero-order valence-electron chi connectivity index (χ0n) is 11.2. The summed E-state index contributed by atoms with van der Waals surface area (Å²) < 4.78 is 0. The van der Waals surface area contributed by atoms with Crippen molar-refractivity contribution in [2.45, 2.75) is 38.8 Å². The van der Waals surface area contributed by atoms with E-state index in [2.05, 4.69) is 19.2 Å². The van der Waals surface area contributed by atoms with Crippen molar-refractivity contribution in [3.63, 3.8) is 0 Å². The fourth-order valence-electron chi connectivity index (χ4n) is 1.61. The lowest BCUT2D eigenvalue weighted by Crippen LogP contribution is -2.45. The van der Waals surface area contributed by atoms with Crippen LogP contribution in [-0.2, 0) is 16.1 Å². The Bertz CT molecular complexity index is 443. The summed E-state index contributed by atoms with van der Waals surface area (Å²) in [7, 11) is 0. The number of nitrogens with one attached hydrogen (secondary N) is 1. The highest BCUT2D eigenvalue weighted by molar-refractivity contribution is 6.00. The molecule has 0 fully saturated rings. The van der Waals surface area contributed by atoms with E-state index in [1.54, 1.807) is 0 Å². The molecule has 2 atom stereocenters. The quantitative estimate of drug-likeness (QED) is 0.674. The third-order valence-electron chi connectivity index (χ3n) is 3.18. The molecule has 0 aliphatic carbocycles. The molecule has 0 bridgehead atoms. The zero-order chi connectivity index (χ0) is 14.4. The van der Waals surface area contributed by atoms with Gasteiger partial charge in [-0.3, -0.25) is 4.79 Å². The molecule has 0 aromatic heterocycles. The number of aliphatic carboxylic acids is 1. The second-order valence-electron chi connectivity index (χ2n) is 4.58. The smallest absolute Gasteiger partial charge is 0.330 e. The highest BCUT2D eigenvalue weighted by atomic mass is 16.4. The van der Waals surface area contributed by atoms with E-state index in [4.69, 9.17) is 10.8 Å². The first-order chi connectivity index (χ1) is 8.95. The molecule has 0 spiro atoms. The van der Waals surface area contributed by atoms with Crippen LogP contribution < -0.4 is 11.1 Å². The van der Waals surface area contributed by atoms with Crippen LogP contribution in [0.25, 0.3) is 0 Å². The summed E-state index contributed by atoms with van der Waals surface area (Å²) in [6, 6.07) is 6.38. The van der Waals surface area contributed by atoms with Crippen molar-refractivity contribution in [1.82, 2.24) is 5.32 Å². The van der Waals surface area contributed by atoms with Crippen LogP contribution in [0.3, 0.4) is 0 Å². The molecule has 2 unspecified atom stereocenters. The van der Waals surface area contributed by atoms with E-state index < -0.39 is 17.9 Å². The van der Waals surface area contributed by atoms with Crippen LogP contribution in [0.15, 0.2) is 24.3 Å². The molecular formula is C14H20N2O3. The Balaban J connectivity index is 2.55. The Morgan fingerprint density at radius 3 is 2.37 bits per heavy atom. The minimum atomic E-state index is -1.51. The maximum atomic E-state index is 11.4. The predicted octanol–water partition coefficient (Wildman–Crippen LogP) is 1.23. The van der Waals surface area contributed by atoms with E-state index in [-0.39, 0.29) is 6.54 Å². The van der Waals surface area contributed by atoms with Crippen LogP contribution in [-0.4, -0.2) is 23.0 Å². The van der Waals surface area contributed by atoms with Crippen molar-refractivity contribution < 1.29 is 14.7 Å². The fourth-order valence-corrected chi connectivity index (χ4v) is 1.61. The molecule has 0 saturated carbocycles. The van der Waals surface area contributed by atoms with Gasteiger partial charge in [0.05, 0.1) is 0 Å². The van der Waals surface area contributed by atoms with E-state index in [1.165, 1.54) is 5.56 Å².